The lowest BCUT2D eigenvalue weighted by atomic mass is 9.68. The minimum absolute atomic E-state index is 0.0148. The molecule has 2 bridgehead atoms. The van der Waals surface area contributed by atoms with Crippen LogP contribution in [0.4, 0.5) is 5.69 Å². The highest BCUT2D eigenvalue weighted by Gasteiger charge is 2.53. The van der Waals surface area contributed by atoms with Gasteiger partial charge in [0, 0.05) is 17.8 Å². The molecule has 5 atom stereocenters. The van der Waals surface area contributed by atoms with Gasteiger partial charge in [-0.15, -0.1) is 0 Å². The number of carbonyl (C=O) groups excluding carboxylic acids is 1. The van der Waals surface area contributed by atoms with Crippen LogP contribution in [0.1, 0.15) is 63.8 Å². The third-order valence-electron chi connectivity index (χ3n) is 8.21. The zero-order valence-corrected chi connectivity index (χ0v) is 18.6. The van der Waals surface area contributed by atoms with E-state index in [1.807, 2.05) is 18.2 Å². The van der Waals surface area contributed by atoms with Gasteiger partial charge in [0.25, 0.3) is 5.91 Å². The van der Waals surface area contributed by atoms with E-state index in [0.29, 0.717) is 24.4 Å². The summed E-state index contributed by atoms with van der Waals surface area (Å²) in [5, 5.41) is 7.00. The van der Waals surface area contributed by atoms with Gasteiger partial charge in [-0.05, 0) is 90.3 Å². The molecule has 32 heavy (non-hydrogen) atoms. The summed E-state index contributed by atoms with van der Waals surface area (Å²) in [5.41, 5.74) is 7.11. The molecule has 0 saturated heterocycles. The molecule has 0 radical (unpaired) electrons. The highest BCUT2D eigenvalue weighted by Crippen LogP contribution is 2.63. The number of benzene rings is 3. The van der Waals surface area contributed by atoms with Crippen LogP contribution in [-0.2, 0) is 6.54 Å². The van der Waals surface area contributed by atoms with Crippen molar-refractivity contribution in [3.63, 3.8) is 0 Å². The first kappa shape index (κ1) is 19.6. The van der Waals surface area contributed by atoms with E-state index in [0.717, 1.165) is 17.4 Å². The summed E-state index contributed by atoms with van der Waals surface area (Å²) >= 11 is 0. The maximum absolute atomic E-state index is 13.0. The molecule has 0 spiro atoms. The number of anilines is 1. The molecule has 1 amide bonds. The van der Waals surface area contributed by atoms with Crippen molar-refractivity contribution in [2.24, 2.45) is 17.8 Å². The average Bonchev–Trinajstić information content (AvgIpc) is 3.46. The molecule has 3 heteroatoms. The summed E-state index contributed by atoms with van der Waals surface area (Å²) in [7, 11) is 0. The summed E-state index contributed by atoms with van der Waals surface area (Å²) < 4.78 is 0. The highest BCUT2D eigenvalue weighted by atomic mass is 16.1. The van der Waals surface area contributed by atoms with E-state index < -0.39 is 0 Å². The van der Waals surface area contributed by atoms with Crippen molar-refractivity contribution in [3.8, 4) is 0 Å². The van der Waals surface area contributed by atoms with Crippen molar-refractivity contribution < 1.29 is 4.79 Å². The van der Waals surface area contributed by atoms with Crippen molar-refractivity contribution in [2.45, 2.75) is 44.7 Å². The third kappa shape index (κ3) is 3.23. The quantitative estimate of drug-likeness (QED) is 0.524. The number of nitrogens with one attached hydrogen (secondary N) is 2. The lowest BCUT2D eigenvalue weighted by Gasteiger charge is -2.43. The van der Waals surface area contributed by atoms with Crippen LogP contribution in [0.25, 0.3) is 0 Å². The van der Waals surface area contributed by atoms with Gasteiger partial charge in [-0.2, -0.15) is 0 Å². The number of carbonyl (C=O) groups is 1. The Morgan fingerprint density at radius 1 is 0.969 bits per heavy atom. The standard InChI is InChI=1S/C29H30N2O/c1-18-7-5-6-10-23(18)17-30-29(32)22-13-14-25-24(16-22)26-20-11-12-21(15-20)27(26)28(31-25)19-8-3-2-4-9-19/h2-10,13-14,16,20-21,26-28,31H,11-12,15,17H2,1H3,(H,30,32)/t20-,21-,26-,27+,28-/m0/s1. The summed E-state index contributed by atoms with van der Waals surface area (Å²) in [6.07, 6.45) is 4.02. The monoisotopic (exact) mass is 422 g/mol. The number of aryl methyl sites for hydroxylation is 1. The van der Waals surface area contributed by atoms with Gasteiger partial charge < -0.3 is 10.6 Å². The van der Waals surface area contributed by atoms with E-state index in [4.69, 9.17) is 0 Å². The van der Waals surface area contributed by atoms with Crippen LogP contribution in [0.2, 0.25) is 0 Å². The van der Waals surface area contributed by atoms with Gasteiger partial charge in [-0.1, -0.05) is 54.6 Å². The molecule has 3 aliphatic rings. The van der Waals surface area contributed by atoms with Gasteiger partial charge in [0.15, 0.2) is 0 Å². The maximum Gasteiger partial charge on any atom is 0.251 e. The zero-order valence-electron chi connectivity index (χ0n) is 18.6. The lowest BCUT2D eigenvalue weighted by Crippen LogP contribution is -2.35. The van der Waals surface area contributed by atoms with Crippen LogP contribution in [0.3, 0.4) is 0 Å². The van der Waals surface area contributed by atoms with Gasteiger partial charge in [0.2, 0.25) is 0 Å². The highest BCUT2D eigenvalue weighted by molar-refractivity contribution is 5.95. The van der Waals surface area contributed by atoms with E-state index in [-0.39, 0.29) is 5.91 Å². The van der Waals surface area contributed by atoms with Gasteiger partial charge in [-0.3, -0.25) is 4.79 Å². The molecule has 1 heterocycles. The Morgan fingerprint density at radius 2 is 1.75 bits per heavy atom. The average molecular weight is 423 g/mol. The van der Waals surface area contributed by atoms with E-state index in [1.54, 1.807) is 0 Å². The summed E-state index contributed by atoms with van der Waals surface area (Å²) in [6, 6.07) is 25.8. The Kier molecular flexibility index (Phi) is 4.78. The van der Waals surface area contributed by atoms with Gasteiger partial charge in [-0.25, -0.2) is 0 Å². The normalized spacial score (nSPS) is 27.3. The molecule has 0 aromatic heterocycles. The van der Waals surface area contributed by atoms with Crippen LogP contribution < -0.4 is 10.6 Å². The molecule has 6 rings (SSSR count). The molecule has 2 N–H and O–H groups in total. The van der Waals surface area contributed by atoms with Crippen molar-refractivity contribution in [1.29, 1.82) is 0 Å². The van der Waals surface area contributed by atoms with Crippen LogP contribution in [0, 0.1) is 24.7 Å². The molecule has 1 aliphatic heterocycles. The van der Waals surface area contributed by atoms with Crippen molar-refractivity contribution in [3.05, 3.63) is 101 Å². The van der Waals surface area contributed by atoms with Crippen molar-refractivity contribution >= 4 is 11.6 Å². The second kappa shape index (κ2) is 7.81. The van der Waals surface area contributed by atoms with Gasteiger partial charge >= 0.3 is 0 Å². The third-order valence-corrected chi connectivity index (χ3v) is 8.21. The molecular formula is C29H30N2O. The Hall–Kier alpha value is -3.07. The van der Waals surface area contributed by atoms with Crippen LogP contribution >= 0.6 is 0 Å². The van der Waals surface area contributed by atoms with E-state index in [2.05, 4.69) is 72.2 Å². The lowest BCUT2D eigenvalue weighted by molar-refractivity contribution is 0.0950. The van der Waals surface area contributed by atoms with Crippen molar-refractivity contribution in [1.82, 2.24) is 5.32 Å². The van der Waals surface area contributed by atoms with Crippen LogP contribution in [-0.4, -0.2) is 5.91 Å². The zero-order chi connectivity index (χ0) is 21.7. The number of rotatable bonds is 4. The first-order valence-corrected chi connectivity index (χ1v) is 12.0. The second-order valence-corrected chi connectivity index (χ2v) is 9.88. The van der Waals surface area contributed by atoms with Crippen LogP contribution in [0.15, 0.2) is 72.8 Å². The number of hydrogen-bond acceptors (Lipinski definition) is 2. The largest absolute Gasteiger partial charge is 0.378 e. The molecule has 2 fully saturated rings. The number of fused-ring (bicyclic) bond motifs is 7. The summed E-state index contributed by atoms with van der Waals surface area (Å²) in [5.74, 6) is 2.73. The molecule has 2 saturated carbocycles. The van der Waals surface area contributed by atoms with E-state index >= 15 is 0 Å². The Bertz CT molecular complexity index is 1150. The predicted octanol–water partition coefficient (Wildman–Crippen LogP) is 6.22. The van der Waals surface area contributed by atoms with Crippen molar-refractivity contribution in [2.75, 3.05) is 5.32 Å². The van der Waals surface area contributed by atoms with E-state index in [1.165, 1.54) is 47.2 Å². The summed E-state index contributed by atoms with van der Waals surface area (Å²) in [4.78, 5) is 13.0. The minimum Gasteiger partial charge on any atom is -0.378 e. The van der Waals surface area contributed by atoms with Gasteiger partial charge in [0.1, 0.15) is 0 Å². The molecule has 3 aromatic rings. The first-order valence-electron chi connectivity index (χ1n) is 12.0. The predicted molar refractivity (Wildman–Crippen MR) is 129 cm³/mol. The Balaban J connectivity index is 1.30. The number of amides is 1. The molecule has 3 aromatic carbocycles. The Labute approximate surface area is 190 Å². The molecule has 3 nitrogen and oxygen atoms in total. The maximum atomic E-state index is 13.0. The summed E-state index contributed by atoms with van der Waals surface area (Å²) in [6.45, 7) is 2.65. The van der Waals surface area contributed by atoms with Crippen LogP contribution in [0.5, 0.6) is 0 Å². The van der Waals surface area contributed by atoms with Gasteiger partial charge in [0.05, 0.1) is 6.04 Å². The SMILES string of the molecule is Cc1ccccc1CNC(=O)c1ccc2c(c1)[C@@H]1[C@H]3CC[C@@H](C3)[C@H]1[C@H](c1ccccc1)N2. The second-order valence-electron chi connectivity index (χ2n) is 9.88. The smallest absolute Gasteiger partial charge is 0.251 e. The molecule has 2 aliphatic carbocycles. The molecule has 0 unspecified atom stereocenters. The fourth-order valence-corrected chi connectivity index (χ4v) is 6.70. The Morgan fingerprint density at radius 3 is 2.59 bits per heavy atom. The molecule has 162 valence electrons. The minimum atomic E-state index is 0.0148. The number of hydrogen-bond donors (Lipinski definition) is 2. The first-order chi connectivity index (χ1) is 15.7. The molecular weight excluding hydrogens is 392 g/mol. The fourth-order valence-electron chi connectivity index (χ4n) is 6.70. The topological polar surface area (TPSA) is 41.1 Å². The van der Waals surface area contributed by atoms with E-state index in [9.17, 15) is 4.79 Å². The fraction of sp³-hybridized carbons (Fsp3) is 0.345.